The maximum atomic E-state index is 11.0. The van der Waals surface area contributed by atoms with Crippen LogP contribution >= 0.6 is 0 Å². The first-order valence-corrected chi connectivity index (χ1v) is 4.79. The van der Waals surface area contributed by atoms with Gasteiger partial charge < -0.3 is 11.2 Å². The summed E-state index contributed by atoms with van der Waals surface area (Å²) in [5, 5.41) is 3.87. The zero-order valence-electron chi connectivity index (χ0n) is 8.47. The molecule has 1 heterocycles. The highest BCUT2D eigenvalue weighted by Gasteiger charge is 2.15. The van der Waals surface area contributed by atoms with E-state index in [0.717, 1.165) is 10.4 Å². The van der Waals surface area contributed by atoms with Crippen LogP contribution in [0.3, 0.4) is 0 Å². The number of carbonyl (C=O) groups excluding carboxylic acids is 1. The van der Waals surface area contributed by atoms with E-state index in [9.17, 15) is 4.79 Å². The van der Waals surface area contributed by atoms with Crippen molar-refractivity contribution in [2.45, 2.75) is 13.0 Å². The van der Waals surface area contributed by atoms with E-state index < -0.39 is 0 Å². The molecule has 0 aromatic heterocycles. The van der Waals surface area contributed by atoms with Crippen LogP contribution in [0.25, 0.3) is 12.4 Å². The topological polar surface area (TPSA) is 58.4 Å². The fraction of sp³-hybridized carbons (Fsp3) is 0.182. The van der Waals surface area contributed by atoms with E-state index >= 15 is 0 Å². The summed E-state index contributed by atoms with van der Waals surface area (Å²) in [4.78, 5) is 11.0. The summed E-state index contributed by atoms with van der Waals surface area (Å²) >= 11 is 0. The van der Waals surface area contributed by atoms with E-state index in [0.29, 0.717) is 0 Å². The van der Waals surface area contributed by atoms with E-state index in [1.807, 2.05) is 36.7 Å². The van der Waals surface area contributed by atoms with Gasteiger partial charge in [-0.15, -0.1) is 0 Å². The van der Waals surface area contributed by atoms with E-state index in [2.05, 4.69) is 5.43 Å². The van der Waals surface area contributed by atoms with Gasteiger partial charge >= 0.3 is 0 Å². The van der Waals surface area contributed by atoms with E-state index in [-0.39, 0.29) is 11.9 Å². The summed E-state index contributed by atoms with van der Waals surface area (Å²) in [6.07, 6.45) is 3.74. The van der Waals surface area contributed by atoms with Crippen LogP contribution in [0.15, 0.2) is 24.3 Å². The number of carbonyl (C=O) groups is 1. The minimum absolute atomic E-state index is 0.355. The Kier molecular flexibility index (Phi) is 2.33. The molecule has 1 amide bonds. The van der Waals surface area contributed by atoms with Crippen LogP contribution in [0.1, 0.15) is 6.92 Å². The van der Waals surface area contributed by atoms with Crippen LogP contribution in [-0.4, -0.2) is 17.0 Å². The number of fused-ring (bicyclic) bond motifs is 1. The highest BCUT2D eigenvalue weighted by molar-refractivity contribution is 5.80. The molecular weight excluding hydrogens is 190 g/mol. The number of hydrogen-bond donors (Lipinski definition) is 2. The Morgan fingerprint density at radius 2 is 2.07 bits per heavy atom. The van der Waals surface area contributed by atoms with Crippen molar-refractivity contribution < 1.29 is 4.79 Å². The van der Waals surface area contributed by atoms with Crippen LogP contribution in [-0.2, 0) is 4.79 Å². The summed E-state index contributed by atoms with van der Waals surface area (Å²) in [6.45, 7) is 1.76. The van der Waals surface area contributed by atoms with Gasteiger partial charge in [0.25, 0.3) is 0 Å². The third-order valence-electron chi connectivity index (χ3n) is 2.47. The molecule has 1 aromatic rings. The summed E-state index contributed by atoms with van der Waals surface area (Å²) in [5.41, 5.74) is 8.24. The van der Waals surface area contributed by atoms with Gasteiger partial charge in [0.1, 0.15) is 6.04 Å². The number of amides is 1. The second kappa shape index (κ2) is 3.65. The van der Waals surface area contributed by atoms with Crippen LogP contribution < -0.4 is 21.6 Å². The number of benzene rings is 1. The molecule has 0 fully saturated rings. The number of nitrogens with zero attached hydrogens (tertiary/aromatic N) is 1. The predicted molar refractivity (Wildman–Crippen MR) is 58.3 cm³/mol. The van der Waals surface area contributed by atoms with Crippen LogP contribution in [0, 0.1) is 0 Å². The Morgan fingerprint density at radius 3 is 2.73 bits per heavy atom. The fourth-order valence-electron chi connectivity index (χ4n) is 1.45. The molecule has 3 N–H and O–H groups in total. The van der Waals surface area contributed by atoms with Crippen molar-refractivity contribution >= 4 is 18.3 Å². The lowest BCUT2D eigenvalue weighted by molar-refractivity contribution is -0.121. The molecule has 1 aliphatic rings. The van der Waals surface area contributed by atoms with Gasteiger partial charge in [-0.25, -0.2) is 0 Å². The summed E-state index contributed by atoms with van der Waals surface area (Å²) in [5.74, 6) is -0.355. The number of hydrogen-bond acceptors (Lipinski definition) is 3. The highest BCUT2D eigenvalue weighted by Crippen LogP contribution is 1.96. The Labute approximate surface area is 87.7 Å². The number of primary amides is 1. The summed E-state index contributed by atoms with van der Waals surface area (Å²) in [6, 6.07) is 7.56. The van der Waals surface area contributed by atoms with Crippen molar-refractivity contribution in [2.24, 2.45) is 5.73 Å². The smallest absolute Gasteiger partial charge is 0.241 e. The monoisotopic (exact) mass is 203 g/mol. The Balaban J connectivity index is 2.38. The maximum Gasteiger partial charge on any atom is 0.241 e. The largest absolute Gasteiger partial charge is 0.368 e. The van der Waals surface area contributed by atoms with Crippen LogP contribution in [0.4, 0.5) is 0 Å². The van der Waals surface area contributed by atoms with E-state index in [4.69, 9.17) is 5.73 Å². The average Bonchev–Trinajstić information content (AvgIpc) is 2.27. The third-order valence-corrected chi connectivity index (χ3v) is 2.47. The van der Waals surface area contributed by atoms with E-state index in [1.165, 1.54) is 0 Å². The van der Waals surface area contributed by atoms with Crippen molar-refractivity contribution in [1.82, 2.24) is 10.4 Å². The normalized spacial score (nSPS) is 15.4. The van der Waals surface area contributed by atoms with Crippen molar-refractivity contribution in [1.29, 1.82) is 0 Å². The average molecular weight is 203 g/mol. The molecule has 0 saturated carbocycles. The van der Waals surface area contributed by atoms with E-state index in [1.54, 1.807) is 11.9 Å². The molecule has 2 rings (SSSR count). The van der Waals surface area contributed by atoms with Gasteiger partial charge in [0.2, 0.25) is 5.91 Å². The quantitative estimate of drug-likeness (QED) is 0.638. The first-order chi connectivity index (χ1) is 7.18. The lowest BCUT2D eigenvalue weighted by atomic mass is 10.2. The molecule has 78 valence electrons. The van der Waals surface area contributed by atoms with Gasteiger partial charge in [0.15, 0.2) is 0 Å². The van der Waals surface area contributed by atoms with Gasteiger partial charge in [-0.2, -0.15) is 0 Å². The molecule has 1 aromatic carbocycles. The van der Waals surface area contributed by atoms with Gasteiger partial charge in [-0.05, 0) is 6.92 Å². The Hall–Kier alpha value is -1.97. The number of rotatable bonds is 2. The van der Waals surface area contributed by atoms with Crippen molar-refractivity contribution in [3.63, 3.8) is 0 Å². The SMILES string of the molecule is CC(C(N)=O)N1C=c2ccccc2=CN1. The number of nitrogens with one attached hydrogen (secondary N) is 1. The molecule has 1 atom stereocenters. The minimum atomic E-state index is -0.366. The fourth-order valence-corrected chi connectivity index (χ4v) is 1.45. The molecule has 0 spiro atoms. The number of nitrogens with two attached hydrogens (primary N) is 1. The molecule has 15 heavy (non-hydrogen) atoms. The third kappa shape index (κ3) is 1.79. The summed E-state index contributed by atoms with van der Waals surface area (Å²) in [7, 11) is 0. The molecule has 0 saturated heterocycles. The molecular formula is C11H13N3O. The molecule has 4 heteroatoms. The molecule has 0 aliphatic carbocycles. The molecule has 0 radical (unpaired) electrons. The predicted octanol–water partition coefficient (Wildman–Crippen LogP) is -1.14. The van der Waals surface area contributed by atoms with Gasteiger partial charge in [-0.1, -0.05) is 24.3 Å². The first kappa shape index (κ1) is 9.58. The van der Waals surface area contributed by atoms with Crippen molar-refractivity contribution in [3.05, 3.63) is 34.7 Å². The molecule has 1 unspecified atom stereocenters. The molecule has 0 bridgehead atoms. The lowest BCUT2D eigenvalue weighted by Gasteiger charge is -2.27. The van der Waals surface area contributed by atoms with Crippen LogP contribution in [0.5, 0.6) is 0 Å². The van der Waals surface area contributed by atoms with Gasteiger partial charge in [-0.3, -0.25) is 9.80 Å². The van der Waals surface area contributed by atoms with Gasteiger partial charge in [0.05, 0.1) is 0 Å². The number of hydrazine groups is 1. The first-order valence-electron chi connectivity index (χ1n) is 4.79. The Morgan fingerprint density at radius 1 is 1.40 bits per heavy atom. The van der Waals surface area contributed by atoms with Crippen molar-refractivity contribution in [3.8, 4) is 0 Å². The van der Waals surface area contributed by atoms with Crippen molar-refractivity contribution in [2.75, 3.05) is 0 Å². The van der Waals surface area contributed by atoms with Crippen LogP contribution in [0.2, 0.25) is 0 Å². The summed E-state index contributed by atoms with van der Waals surface area (Å²) < 4.78 is 0. The second-order valence-electron chi connectivity index (χ2n) is 3.52. The molecule has 1 aliphatic heterocycles. The Bertz CT molecular complexity index is 495. The minimum Gasteiger partial charge on any atom is -0.368 e. The lowest BCUT2D eigenvalue weighted by Crippen LogP contribution is -2.50. The second-order valence-corrected chi connectivity index (χ2v) is 3.52. The zero-order chi connectivity index (χ0) is 10.8. The standard InChI is InChI=1S/C11H13N3O/c1-8(11(12)15)14-7-10-5-3-2-4-9(10)6-13-14/h2-8,13H,1H3,(H2,12,15). The maximum absolute atomic E-state index is 11.0. The highest BCUT2D eigenvalue weighted by atomic mass is 16.1. The molecule has 4 nitrogen and oxygen atoms in total. The van der Waals surface area contributed by atoms with Gasteiger partial charge in [0, 0.05) is 22.8 Å². The zero-order valence-corrected chi connectivity index (χ0v) is 8.47.